The highest BCUT2D eigenvalue weighted by Gasteiger charge is 2.35. The lowest BCUT2D eigenvalue weighted by molar-refractivity contribution is -0.138. The first kappa shape index (κ1) is 34.5. The van der Waals surface area contributed by atoms with Crippen LogP contribution in [0.5, 0.6) is 5.75 Å². The molecule has 0 saturated carbocycles. The molecule has 0 fully saturated rings. The molecule has 0 N–H and O–H groups in total. The highest BCUT2D eigenvalue weighted by molar-refractivity contribution is 14.1. The molecule has 0 aliphatic carbocycles. The molecule has 0 radical (unpaired) electrons. The molecule has 0 amide bonds. The van der Waals surface area contributed by atoms with E-state index in [1.165, 1.54) is 11.3 Å². The van der Waals surface area contributed by atoms with E-state index in [9.17, 15) is 9.59 Å². The van der Waals surface area contributed by atoms with Crippen LogP contribution in [0.15, 0.2) is 134 Å². The molecule has 7 rings (SSSR count). The second-order valence-corrected chi connectivity index (χ2v) is 15.4. The Morgan fingerprint density at radius 3 is 2.50 bits per heavy atom. The van der Waals surface area contributed by atoms with Gasteiger partial charge in [0.1, 0.15) is 12.4 Å². The van der Waals surface area contributed by atoms with Crippen molar-refractivity contribution in [1.82, 2.24) is 4.57 Å². The largest absolute Gasteiger partial charge is 0.487 e. The van der Waals surface area contributed by atoms with Gasteiger partial charge in [0.25, 0.3) is 5.56 Å². The van der Waals surface area contributed by atoms with Gasteiger partial charge in [-0.2, -0.15) is 0 Å². The number of hydrogen-bond acceptors (Lipinski definition) is 7. The van der Waals surface area contributed by atoms with Crippen LogP contribution >= 0.6 is 61.6 Å². The topological polar surface area (TPSA) is 69.9 Å². The normalized spacial score (nSPS) is 14.4. The summed E-state index contributed by atoms with van der Waals surface area (Å²) in [5.41, 5.74) is 3.94. The van der Waals surface area contributed by atoms with Crippen LogP contribution in [-0.2, 0) is 16.1 Å². The zero-order valence-electron chi connectivity index (χ0n) is 27.1. The highest BCUT2D eigenvalue weighted by atomic mass is 127. The first-order valence-corrected chi connectivity index (χ1v) is 19.8. The van der Waals surface area contributed by atoms with E-state index in [0.717, 1.165) is 46.0 Å². The quantitative estimate of drug-likeness (QED) is 0.0827. The fourth-order valence-corrected chi connectivity index (χ4v) is 9.20. The molecule has 50 heavy (non-hydrogen) atoms. The molecule has 6 aromatic rings. The summed E-state index contributed by atoms with van der Waals surface area (Å²) in [6.07, 6.45) is 3.87. The van der Waals surface area contributed by atoms with Crippen LogP contribution in [0, 0.1) is 3.57 Å². The van der Waals surface area contributed by atoms with E-state index in [-0.39, 0.29) is 12.2 Å². The minimum Gasteiger partial charge on any atom is -0.487 e. The van der Waals surface area contributed by atoms with E-state index in [1.807, 2.05) is 97.3 Å². The summed E-state index contributed by atoms with van der Waals surface area (Å²) in [6.45, 7) is 2.32. The lowest BCUT2D eigenvalue weighted by Gasteiger charge is -2.26. The number of esters is 1. The average Bonchev–Trinajstić information content (AvgIpc) is 3.44. The standard InChI is InChI=1S/C40H30BrIN2O4S2/c1-3-47-39(46)34-35(25-11-5-4-6-12-25)43-40-44(36(34)26-16-18-30(49-2)19-17-26)38(45)33(50-40)21-28-20-29(41)22-32(42)37(28)48-23-27-14-9-13-24-10-7-8-15-31(24)27/h4-22,36H,3,23H2,1-2H3/b33-21-/t36-/m1/s1. The lowest BCUT2D eigenvalue weighted by Crippen LogP contribution is -2.40. The Labute approximate surface area is 319 Å². The second kappa shape index (κ2) is 15.1. The number of carbonyl (C=O) groups is 1. The number of halogens is 2. The van der Waals surface area contributed by atoms with Gasteiger partial charge in [-0.1, -0.05) is 112 Å². The predicted molar refractivity (Wildman–Crippen MR) is 214 cm³/mol. The molecule has 1 atom stereocenters. The third-order valence-corrected chi connectivity index (χ3v) is 11.4. The zero-order valence-corrected chi connectivity index (χ0v) is 32.4. The summed E-state index contributed by atoms with van der Waals surface area (Å²) in [5, 5.41) is 2.28. The van der Waals surface area contributed by atoms with Gasteiger partial charge in [-0.05, 0) is 88.0 Å². The minimum absolute atomic E-state index is 0.191. The van der Waals surface area contributed by atoms with Gasteiger partial charge in [-0.3, -0.25) is 9.36 Å². The molecule has 2 heterocycles. The van der Waals surface area contributed by atoms with E-state index in [0.29, 0.717) is 33.0 Å². The van der Waals surface area contributed by atoms with E-state index in [2.05, 4.69) is 62.8 Å². The van der Waals surface area contributed by atoms with Crippen molar-refractivity contribution < 1.29 is 14.3 Å². The summed E-state index contributed by atoms with van der Waals surface area (Å²) in [7, 11) is 0. The van der Waals surface area contributed by atoms with Crippen LogP contribution in [0.1, 0.15) is 35.2 Å². The molecule has 250 valence electrons. The van der Waals surface area contributed by atoms with Gasteiger partial charge in [0.2, 0.25) is 0 Å². The first-order chi connectivity index (χ1) is 24.4. The lowest BCUT2D eigenvalue weighted by atomic mass is 9.93. The Morgan fingerprint density at radius 1 is 1.00 bits per heavy atom. The van der Waals surface area contributed by atoms with Crippen molar-refractivity contribution in [3.8, 4) is 5.75 Å². The van der Waals surface area contributed by atoms with Crippen molar-refractivity contribution in [3.05, 3.63) is 165 Å². The minimum atomic E-state index is -0.747. The number of benzene rings is 5. The number of hydrogen-bond donors (Lipinski definition) is 0. The summed E-state index contributed by atoms with van der Waals surface area (Å²) in [4.78, 5) is 34.9. The van der Waals surface area contributed by atoms with Crippen molar-refractivity contribution in [3.63, 3.8) is 0 Å². The van der Waals surface area contributed by atoms with Crippen LogP contribution in [0.3, 0.4) is 0 Å². The molecule has 0 saturated heterocycles. The van der Waals surface area contributed by atoms with Crippen molar-refractivity contribution >= 4 is 90.1 Å². The summed E-state index contributed by atoms with van der Waals surface area (Å²) in [5.74, 6) is 0.169. The fraction of sp³-hybridized carbons (Fsp3) is 0.125. The zero-order chi connectivity index (χ0) is 34.8. The van der Waals surface area contributed by atoms with Gasteiger partial charge < -0.3 is 9.47 Å². The predicted octanol–water partition coefficient (Wildman–Crippen LogP) is 8.76. The van der Waals surface area contributed by atoms with Crippen LogP contribution in [-0.4, -0.2) is 23.4 Å². The van der Waals surface area contributed by atoms with Gasteiger partial charge in [0, 0.05) is 20.5 Å². The smallest absolute Gasteiger partial charge is 0.338 e. The van der Waals surface area contributed by atoms with Crippen LogP contribution in [0.4, 0.5) is 0 Å². The van der Waals surface area contributed by atoms with E-state index in [1.54, 1.807) is 23.3 Å². The van der Waals surface area contributed by atoms with Crippen molar-refractivity contribution in [2.75, 3.05) is 12.9 Å². The Bertz CT molecular complexity index is 2450. The maximum Gasteiger partial charge on any atom is 0.338 e. The number of nitrogens with zero attached hydrogens (tertiary/aromatic N) is 2. The summed E-state index contributed by atoms with van der Waals surface area (Å²) < 4.78 is 16.0. The molecule has 5 aromatic carbocycles. The van der Waals surface area contributed by atoms with E-state index >= 15 is 0 Å². The molecule has 10 heteroatoms. The second-order valence-electron chi connectivity index (χ2n) is 11.4. The number of carbonyl (C=O) groups excluding carboxylic acids is 1. The molecule has 0 bridgehead atoms. The highest BCUT2D eigenvalue weighted by Crippen LogP contribution is 2.36. The fourth-order valence-electron chi connectivity index (χ4n) is 6.09. The molecular formula is C40H30BrIN2O4S2. The number of thioether (sulfide) groups is 1. The van der Waals surface area contributed by atoms with Crippen LogP contribution in [0.2, 0.25) is 0 Å². The monoisotopic (exact) mass is 872 g/mol. The van der Waals surface area contributed by atoms with E-state index < -0.39 is 12.0 Å². The number of fused-ring (bicyclic) bond motifs is 2. The van der Waals surface area contributed by atoms with Gasteiger partial charge >= 0.3 is 5.97 Å². The maximum atomic E-state index is 14.5. The number of thiazole rings is 1. The van der Waals surface area contributed by atoms with Crippen LogP contribution in [0.25, 0.3) is 22.5 Å². The first-order valence-electron chi connectivity index (χ1n) is 15.9. The van der Waals surface area contributed by atoms with Gasteiger partial charge in [-0.15, -0.1) is 11.8 Å². The summed E-state index contributed by atoms with van der Waals surface area (Å²) in [6, 6.07) is 35.2. The Morgan fingerprint density at radius 2 is 1.74 bits per heavy atom. The molecule has 0 spiro atoms. The van der Waals surface area contributed by atoms with Gasteiger partial charge in [0.05, 0.1) is 32.0 Å². The van der Waals surface area contributed by atoms with Crippen LogP contribution < -0.4 is 19.6 Å². The molecule has 1 aliphatic heterocycles. The van der Waals surface area contributed by atoms with Crippen molar-refractivity contribution in [2.24, 2.45) is 4.99 Å². The molecule has 1 aliphatic rings. The molecular weight excluding hydrogens is 843 g/mol. The Kier molecular flexibility index (Phi) is 10.4. The number of aromatic nitrogens is 1. The third-order valence-electron chi connectivity index (χ3n) is 8.38. The molecule has 0 unspecified atom stereocenters. The summed E-state index contributed by atoms with van der Waals surface area (Å²) >= 11 is 8.84. The SMILES string of the molecule is CCOC(=O)C1=C(c2ccccc2)N=c2s/c(=C\c3cc(Br)cc(I)c3OCc3cccc4ccccc34)c(=O)n2[C@@H]1c1ccc(SC)cc1. The third kappa shape index (κ3) is 6.86. The molecule has 1 aromatic heterocycles. The van der Waals surface area contributed by atoms with Gasteiger partial charge in [-0.25, -0.2) is 9.79 Å². The number of rotatable bonds is 9. The molecule has 6 nitrogen and oxygen atoms in total. The number of ether oxygens (including phenoxy) is 2. The van der Waals surface area contributed by atoms with Gasteiger partial charge in [0.15, 0.2) is 4.80 Å². The van der Waals surface area contributed by atoms with E-state index in [4.69, 9.17) is 14.5 Å². The average molecular weight is 874 g/mol. The van der Waals surface area contributed by atoms with Crippen molar-refractivity contribution in [2.45, 2.75) is 24.5 Å². The maximum absolute atomic E-state index is 14.5. The Hall–Kier alpha value is -3.97. The van der Waals surface area contributed by atoms with Crippen molar-refractivity contribution in [1.29, 1.82) is 0 Å². The Balaban J connectivity index is 1.40.